The van der Waals surface area contributed by atoms with Crippen molar-refractivity contribution in [2.45, 2.75) is 13.2 Å². The monoisotopic (exact) mass is 361 g/mol. The number of aromatic nitrogens is 1. The van der Waals surface area contributed by atoms with Gasteiger partial charge in [-0.05, 0) is 29.8 Å². The third kappa shape index (κ3) is 3.80. The SMILES string of the molecule is O=C(O)Oc1cn(Cc2ccc(OC(F)F)cc2)c2ccccc2c1=O. The van der Waals surface area contributed by atoms with E-state index in [0.29, 0.717) is 10.9 Å². The summed E-state index contributed by atoms with van der Waals surface area (Å²) in [6.07, 6.45) is -0.278. The van der Waals surface area contributed by atoms with Crippen LogP contribution in [-0.4, -0.2) is 22.4 Å². The topological polar surface area (TPSA) is 77.8 Å². The molecule has 1 N–H and O–H groups in total. The van der Waals surface area contributed by atoms with Gasteiger partial charge in [0.25, 0.3) is 0 Å². The van der Waals surface area contributed by atoms with Crippen molar-refractivity contribution in [2.75, 3.05) is 0 Å². The zero-order valence-corrected chi connectivity index (χ0v) is 13.3. The number of alkyl halides is 2. The van der Waals surface area contributed by atoms with Gasteiger partial charge in [0.05, 0.1) is 11.7 Å². The molecule has 0 radical (unpaired) electrons. The number of carbonyl (C=O) groups is 1. The van der Waals surface area contributed by atoms with Crippen molar-refractivity contribution in [3.05, 3.63) is 70.5 Å². The second-order valence-corrected chi connectivity index (χ2v) is 5.36. The first-order valence-corrected chi connectivity index (χ1v) is 7.51. The second-order valence-electron chi connectivity index (χ2n) is 5.36. The summed E-state index contributed by atoms with van der Waals surface area (Å²) >= 11 is 0. The molecule has 0 amide bonds. The summed E-state index contributed by atoms with van der Waals surface area (Å²) in [6, 6.07) is 12.7. The number of hydrogen-bond acceptors (Lipinski definition) is 4. The predicted molar refractivity (Wildman–Crippen MR) is 89.0 cm³/mol. The molecule has 0 aliphatic heterocycles. The number of halogens is 2. The fourth-order valence-electron chi connectivity index (χ4n) is 2.59. The maximum absolute atomic E-state index is 12.3. The van der Waals surface area contributed by atoms with Gasteiger partial charge in [-0.1, -0.05) is 24.3 Å². The minimum atomic E-state index is -2.90. The van der Waals surface area contributed by atoms with Crippen molar-refractivity contribution in [3.63, 3.8) is 0 Å². The van der Waals surface area contributed by atoms with Crippen molar-refractivity contribution < 1.29 is 28.2 Å². The molecule has 8 heteroatoms. The van der Waals surface area contributed by atoms with Gasteiger partial charge in [-0.3, -0.25) is 4.79 Å². The number of benzene rings is 2. The lowest BCUT2D eigenvalue weighted by atomic mass is 10.1. The van der Waals surface area contributed by atoms with E-state index < -0.39 is 18.2 Å². The minimum Gasteiger partial charge on any atom is -0.449 e. The third-order valence-corrected chi connectivity index (χ3v) is 3.65. The van der Waals surface area contributed by atoms with E-state index in [2.05, 4.69) is 9.47 Å². The van der Waals surface area contributed by atoms with Gasteiger partial charge < -0.3 is 19.1 Å². The maximum atomic E-state index is 12.3. The first-order valence-electron chi connectivity index (χ1n) is 7.51. The van der Waals surface area contributed by atoms with Crippen molar-refractivity contribution in [1.82, 2.24) is 4.57 Å². The highest BCUT2D eigenvalue weighted by Crippen LogP contribution is 2.19. The van der Waals surface area contributed by atoms with Crippen LogP contribution in [0.4, 0.5) is 13.6 Å². The normalized spacial score (nSPS) is 10.9. The number of rotatable bonds is 5. The number of carboxylic acid groups (broad SMARTS) is 1. The Morgan fingerprint density at radius 2 is 1.81 bits per heavy atom. The Morgan fingerprint density at radius 3 is 2.46 bits per heavy atom. The van der Waals surface area contributed by atoms with E-state index in [-0.39, 0.29) is 18.0 Å². The Kier molecular flexibility index (Phi) is 4.83. The number of nitrogens with zero attached hydrogens (tertiary/aromatic N) is 1. The summed E-state index contributed by atoms with van der Waals surface area (Å²) in [5.41, 5.74) is 0.796. The Bertz CT molecular complexity index is 999. The van der Waals surface area contributed by atoms with Gasteiger partial charge in [-0.25, -0.2) is 4.79 Å². The average Bonchev–Trinajstić information content (AvgIpc) is 2.60. The lowest BCUT2D eigenvalue weighted by Crippen LogP contribution is -2.16. The van der Waals surface area contributed by atoms with Crippen LogP contribution in [0.25, 0.3) is 10.9 Å². The van der Waals surface area contributed by atoms with E-state index in [0.717, 1.165) is 5.56 Å². The molecular weight excluding hydrogens is 348 g/mol. The minimum absolute atomic E-state index is 0.0309. The number of pyridine rings is 1. The van der Waals surface area contributed by atoms with E-state index in [1.54, 1.807) is 41.0 Å². The van der Waals surface area contributed by atoms with Crippen LogP contribution in [0.5, 0.6) is 11.5 Å². The fourth-order valence-corrected chi connectivity index (χ4v) is 2.59. The van der Waals surface area contributed by atoms with Gasteiger partial charge >= 0.3 is 12.8 Å². The van der Waals surface area contributed by atoms with Crippen molar-refractivity contribution in [3.8, 4) is 11.5 Å². The number of fused-ring (bicyclic) bond motifs is 1. The molecule has 0 saturated carbocycles. The van der Waals surface area contributed by atoms with Crippen molar-refractivity contribution in [1.29, 1.82) is 0 Å². The van der Waals surface area contributed by atoms with Crippen molar-refractivity contribution >= 4 is 17.1 Å². The Labute approximate surface area is 145 Å². The molecule has 2 aromatic carbocycles. The predicted octanol–water partition coefficient (Wildman–Crippen LogP) is 3.71. The van der Waals surface area contributed by atoms with Crippen molar-refractivity contribution in [2.24, 2.45) is 0 Å². The molecule has 0 aliphatic carbocycles. The van der Waals surface area contributed by atoms with Gasteiger partial charge in [-0.2, -0.15) is 8.78 Å². The van der Waals surface area contributed by atoms with Crippen LogP contribution in [-0.2, 0) is 6.54 Å². The summed E-state index contributed by atoms with van der Waals surface area (Å²) in [4.78, 5) is 23.1. The number of hydrogen-bond donors (Lipinski definition) is 1. The van der Waals surface area contributed by atoms with Gasteiger partial charge in [0, 0.05) is 11.9 Å². The molecule has 0 aliphatic rings. The van der Waals surface area contributed by atoms with E-state index in [1.165, 1.54) is 18.3 Å². The summed E-state index contributed by atoms with van der Waals surface area (Å²) in [5.74, 6) is -0.280. The van der Waals surface area contributed by atoms with E-state index in [1.807, 2.05) is 0 Å². The molecule has 1 aromatic heterocycles. The van der Waals surface area contributed by atoms with E-state index in [9.17, 15) is 18.4 Å². The van der Waals surface area contributed by atoms with Gasteiger partial charge in [-0.15, -0.1) is 0 Å². The summed E-state index contributed by atoms with van der Waals surface area (Å²) in [6.45, 7) is -2.63. The van der Waals surface area contributed by atoms with Crippen LogP contribution in [0, 0.1) is 0 Å². The lowest BCUT2D eigenvalue weighted by molar-refractivity contribution is -0.0498. The standard InChI is InChI=1S/C18H13F2NO5/c19-17(20)25-12-7-5-11(6-8-12)9-21-10-15(26-18(23)24)16(22)13-3-1-2-4-14(13)21/h1-8,10,17H,9H2,(H,23,24). The summed E-state index contributed by atoms with van der Waals surface area (Å²) < 4.78 is 34.9. The Balaban J connectivity index is 2.00. The fraction of sp³-hybridized carbons (Fsp3) is 0.111. The quantitative estimate of drug-likeness (QED) is 0.701. The van der Waals surface area contributed by atoms with Crippen LogP contribution >= 0.6 is 0 Å². The molecule has 3 rings (SSSR count). The molecule has 6 nitrogen and oxygen atoms in total. The highest BCUT2D eigenvalue weighted by Gasteiger charge is 2.13. The maximum Gasteiger partial charge on any atom is 0.511 e. The van der Waals surface area contributed by atoms with Gasteiger partial charge in [0.2, 0.25) is 5.43 Å². The van der Waals surface area contributed by atoms with E-state index in [4.69, 9.17) is 5.11 Å². The molecule has 1 heterocycles. The third-order valence-electron chi connectivity index (χ3n) is 3.65. The van der Waals surface area contributed by atoms with Crippen LogP contribution < -0.4 is 14.9 Å². The number of para-hydroxylation sites is 1. The largest absolute Gasteiger partial charge is 0.511 e. The molecule has 0 fully saturated rings. The van der Waals surface area contributed by atoms with Crippen LogP contribution in [0.15, 0.2) is 59.5 Å². The summed E-state index contributed by atoms with van der Waals surface area (Å²) in [5, 5.41) is 9.11. The first kappa shape index (κ1) is 17.4. The Hall–Kier alpha value is -3.42. The van der Waals surface area contributed by atoms with Crippen LogP contribution in [0.3, 0.4) is 0 Å². The molecule has 3 aromatic rings. The van der Waals surface area contributed by atoms with E-state index >= 15 is 0 Å². The van der Waals surface area contributed by atoms with Gasteiger partial charge in [0.1, 0.15) is 5.75 Å². The van der Waals surface area contributed by atoms with Crippen LogP contribution in [0.1, 0.15) is 5.56 Å². The van der Waals surface area contributed by atoms with Crippen LogP contribution in [0.2, 0.25) is 0 Å². The van der Waals surface area contributed by atoms with Gasteiger partial charge in [0.15, 0.2) is 5.75 Å². The molecular formula is C18H13F2NO5. The molecule has 0 saturated heterocycles. The second kappa shape index (κ2) is 7.22. The molecule has 0 unspecified atom stereocenters. The first-order chi connectivity index (χ1) is 12.4. The molecule has 134 valence electrons. The highest BCUT2D eigenvalue weighted by molar-refractivity contribution is 5.81. The molecule has 0 spiro atoms. The average molecular weight is 361 g/mol. The lowest BCUT2D eigenvalue weighted by Gasteiger charge is -2.13. The molecule has 0 atom stereocenters. The highest BCUT2D eigenvalue weighted by atomic mass is 19.3. The zero-order chi connectivity index (χ0) is 18.7. The Morgan fingerprint density at radius 1 is 1.12 bits per heavy atom. The number of ether oxygens (including phenoxy) is 2. The molecule has 26 heavy (non-hydrogen) atoms. The molecule has 0 bridgehead atoms. The zero-order valence-electron chi connectivity index (χ0n) is 13.3. The smallest absolute Gasteiger partial charge is 0.449 e. The summed E-state index contributed by atoms with van der Waals surface area (Å²) in [7, 11) is 0.